The Morgan fingerprint density at radius 3 is 2.41 bits per heavy atom. The molecule has 0 saturated heterocycles. The van der Waals surface area contributed by atoms with E-state index < -0.39 is 16.1 Å². The van der Waals surface area contributed by atoms with Crippen molar-refractivity contribution >= 4 is 28.3 Å². The van der Waals surface area contributed by atoms with Gasteiger partial charge in [0.15, 0.2) is 0 Å². The zero-order valence-electron chi connectivity index (χ0n) is 10.5. The zero-order valence-corrected chi connectivity index (χ0v) is 12.1. The van der Waals surface area contributed by atoms with Gasteiger partial charge in [0, 0.05) is 20.1 Å². The fourth-order valence-corrected chi connectivity index (χ4v) is 1.88. The summed E-state index contributed by atoms with van der Waals surface area (Å²) >= 11 is 0. The summed E-state index contributed by atoms with van der Waals surface area (Å²) in [6.07, 6.45) is 0.578. The number of amides is 1. The van der Waals surface area contributed by atoms with Crippen LogP contribution in [0, 0.1) is 0 Å². The van der Waals surface area contributed by atoms with E-state index in [-0.39, 0.29) is 24.1 Å². The van der Waals surface area contributed by atoms with Gasteiger partial charge < -0.3 is 11.1 Å². The van der Waals surface area contributed by atoms with E-state index in [4.69, 9.17) is 5.73 Å². The zero-order chi connectivity index (χ0) is 12.8. The first-order chi connectivity index (χ1) is 7.31. The van der Waals surface area contributed by atoms with Gasteiger partial charge in [0.1, 0.15) is 0 Å². The Hall–Kier alpha value is -0.370. The van der Waals surface area contributed by atoms with Crippen molar-refractivity contribution in [3.05, 3.63) is 0 Å². The van der Waals surface area contributed by atoms with Gasteiger partial charge in [-0.05, 0) is 20.3 Å². The predicted octanol–water partition coefficient (Wildman–Crippen LogP) is -0.457. The van der Waals surface area contributed by atoms with E-state index in [0.717, 1.165) is 0 Å². The molecule has 6 nitrogen and oxygen atoms in total. The first kappa shape index (κ1) is 19.0. The van der Waals surface area contributed by atoms with Gasteiger partial charge in [0.2, 0.25) is 15.9 Å². The SMILES string of the molecule is CCS(=O)(=O)N(C)CCCNC(=O)[C@H](C)N.Cl. The summed E-state index contributed by atoms with van der Waals surface area (Å²) in [7, 11) is -1.59. The summed E-state index contributed by atoms with van der Waals surface area (Å²) < 4.78 is 24.0. The highest BCUT2D eigenvalue weighted by Crippen LogP contribution is 1.98. The molecule has 0 aliphatic heterocycles. The summed E-state index contributed by atoms with van der Waals surface area (Å²) in [4.78, 5) is 11.1. The van der Waals surface area contributed by atoms with Crippen LogP contribution in [0.3, 0.4) is 0 Å². The summed E-state index contributed by atoms with van der Waals surface area (Å²) in [5, 5.41) is 2.62. The molecule has 0 fully saturated rings. The first-order valence-corrected chi connectivity index (χ1v) is 6.89. The second kappa shape index (κ2) is 8.68. The van der Waals surface area contributed by atoms with Crippen LogP contribution >= 0.6 is 12.4 Å². The number of hydrogen-bond donors (Lipinski definition) is 2. The van der Waals surface area contributed by atoms with Crippen LogP contribution in [0.5, 0.6) is 0 Å². The molecule has 0 radical (unpaired) electrons. The molecular weight excluding hydrogens is 266 g/mol. The van der Waals surface area contributed by atoms with E-state index in [1.165, 1.54) is 11.4 Å². The van der Waals surface area contributed by atoms with Crippen molar-refractivity contribution in [1.82, 2.24) is 9.62 Å². The van der Waals surface area contributed by atoms with Crippen LogP contribution in [-0.4, -0.2) is 50.6 Å². The fourth-order valence-electron chi connectivity index (χ4n) is 1.03. The van der Waals surface area contributed by atoms with Gasteiger partial charge in [0.05, 0.1) is 11.8 Å². The number of hydrogen-bond acceptors (Lipinski definition) is 4. The molecule has 1 atom stereocenters. The molecule has 0 unspecified atom stereocenters. The number of nitrogens with one attached hydrogen (secondary N) is 1. The maximum Gasteiger partial charge on any atom is 0.236 e. The molecule has 0 aromatic rings. The lowest BCUT2D eigenvalue weighted by Crippen LogP contribution is -2.39. The lowest BCUT2D eigenvalue weighted by Gasteiger charge is -2.16. The van der Waals surface area contributed by atoms with Crippen molar-refractivity contribution in [2.45, 2.75) is 26.3 Å². The first-order valence-electron chi connectivity index (χ1n) is 5.28. The average molecular weight is 288 g/mol. The van der Waals surface area contributed by atoms with Crippen LogP contribution < -0.4 is 11.1 Å². The molecule has 0 rings (SSSR count). The maximum atomic E-state index is 11.4. The van der Waals surface area contributed by atoms with Crippen LogP contribution in [-0.2, 0) is 14.8 Å². The maximum absolute atomic E-state index is 11.4. The van der Waals surface area contributed by atoms with Crippen LogP contribution in [0.15, 0.2) is 0 Å². The van der Waals surface area contributed by atoms with Crippen molar-refractivity contribution in [3.8, 4) is 0 Å². The molecule has 0 spiro atoms. The van der Waals surface area contributed by atoms with Gasteiger partial charge in [-0.1, -0.05) is 0 Å². The van der Waals surface area contributed by atoms with E-state index in [1.54, 1.807) is 13.8 Å². The van der Waals surface area contributed by atoms with Gasteiger partial charge in [-0.15, -0.1) is 12.4 Å². The topological polar surface area (TPSA) is 92.5 Å². The lowest BCUT2D eigenvalue weighted by atomic mass is 10.3. The molecule has 0 aromatic carbocycles. The van der Waals surface area contributed by atoms with Crippen LogP contribution in [0.1, 0.15) is 20.3 Å². The molecule has 0 aliphatic carbocycles. The number of nitrogens with zero attached hydrogens (tertiary/aromatic N) is 1. The van der Waals surface area contributed by atoms with E-state index in [0.29, 0.717) is 19.5 Å². The lowest BCUT2D eigenvalue weighted by molar-refractivity contribution is -0.121. The number of carbonyl (C=O) groups is 1. The van der Waals surface area contributed by atoms with Crippen molar-refractivity contribution in [2.75, 3.05) is 25.9 Å². The summed E-state index contributed by atoms with van der Waals surface area (Å²) in [6, 6.07) is -0.530. The Balaban J connectivity index is 0. The standard InChI is InChI=1S/C9H21N3O3S.ClH/c1-4-16(14,15)12(3)7-5-6-11-9(13)8(2)10;/h8H,4-7,10H2,1-3H3,(H,11,13);1H/t8-;/m0./s1. The minimum Gasteiger partial charge on any atom is -0.355 e. The smallest absolute Gasteiger partial charge is 0.236 e. The van der Waals surface area contributed by atoms with E-state index >= 15 is 0 Å². The minimum absolute atomic E-state index is 0. The molecule has 8 heteroatoms. The molecule has 0 bridgehead atoms. The highest BCUT2D eigenvalue weighted by atomic mass is 35.5. The van der Waals surface area contributed by atoms with Crippen molar-refractivity contribution in [1.29, 1.82) is 0 Å². The Kier molecular flexibility index (Phi) is 9.69. The molecule has 0 aromatic heterocycles. The Bertz CT molecular complexity index is 319. The molecule has 1 amide bonds. The van der Waals surface area contributed by atoms with E-state index in [2.05, 4.69) is 5.32 Å². The third kappa shape index (κ3) is 7.54. The van der Waals surface area contributed by atoms with Gasteiger partial charge >= 0.3 is 0 Å². The molecule has 0 heterocycles. The van der Waals surface area contributed by atoms with Crippen molar-refractivity contribution in [3.63, 3.8) is 0 Å². The second-order valence-corrected chi connectivity index (χ2v) is 6.02. The van der Waals surface area contributed by atoms with Crippen molar-refractivity contribution in [2.24, 2.45) is 5.73 Å². The average Bonchev–Trinajstić information content (AvgIpc) is 2.23. The monoisotopic (exact) mass is 287 g/mol. The number of sulfonamides is 1. The number of carbonyl (C=O) groups excluding carboxylic acids is 1. The Morgan fingerprint density at radius 1 is 1.47 bits per heavy atom. The van der Waals surface area contributed by atoms with Crippen LogP contribution in [0.4, 0.5) is 0 Å². The van der Waals surface area contributed by atoms with Crippen molar-refractivity contribution < 1.29 is 13.2 Å². The van der Waals surface area contributed by atoms with Gasteiger partial charge in [-0.25, -0.2) is 12.7 Å². The fraction of sp³-hybridized carbons (Fsp3) is 0.889. The predicted molar refractivity (Wildman–Crippen MR) is 70.6 cm³/mol. The van der Waals surface area contributed by atoms with Gasteiger partial charge in [0.25, 0.3) is 0 Å². The largest absolute Gasteiger partial charge is 0.355 e. The van der Waals surface area contributed by atoms with Crippen LogP contribution in [0.2, 0.25) is 0 Å². The normalized spacial score (nSPS) is 13.0. The third-order valence-electron chi connectivity index (χ3n) is 2.20. The molecule has 104 valence electrons. The summed E-state index contributed by atoms with van der Waals surface area (Å²) in [5.74, 6) is -0.128. The summed E-state index contributed by atoms with van der Waals surface area (Å²) in [5.41, 5.74) is 5.35. The van der Waals surface area contributed by atoms with Crippen LogP contribution in [0.25, 0.3) is 0 Å². The highest BCUT2D eigenvalue weighted by Gasteiger charge is 2.14. The quantitative estimate of drug-likeness (QED) is 0.620. The number of halogens is 1. The Labute approximate surface area is 109 Å². The number of rotatable bonds is 7. The minimum atomic E-state index is -3.12. The number of nitrogens with two attached hydrogens (primary N) is 1. The van der Waals surface area contributed by atoms with Gasteiger partial charge in [-0.3, -0.25) is 4.79 Å². The molecule has 0 aliphatic rings. The molecule has 0 saturated carbocycles. The third-order valence-corrected chi connectivity index (χ3v) is 4.06. The van der Waals surface area contributed by atoms with Gasteiger partial charge in [-0.2, -0.15) is 0 Å². The molecular formula is C9H22ClN3O3S. The summed E-state index contributed by atoms with van der Waals surface area (Å²) in [6.45, 7) is 4.03. The van der Waals surface area contributed by atoms with E-state index in [1.807, 2.05) is 0 Å². The Morgan fingerprint density at radius 2 is 2.00 bits per heavy atom. The molecule has 3 N–H and O–H groups in total. The molecule has 17 heavy (non-hydrogen) atoms. The second-order valence-electron chi connectivity index (χ2n) is 3.66. The highest BCUT2D eigenvalue weighted by molar-refractivity contribution is 7.89. The van der Waals surface area contributed by atoms with E-state index in [9.17, 15) is 13.2 Å².